The summed E-state index contributed by atoms with van der Waals surface area (Å²) < 4.78 is 0. The fraction of sp³-hybridized carbons (Fsp3) is 0.0385. The summed E-state index contributed by atoms with van der Waals surface area (Å²) in [6, 6.07) is 34.9. The zero-order valence-corrected chi connectivity index (χ0v) is 16.3. The summed E-state index contributed by atoms with van der Waals surface area (Å²) in [5.41, 5.74) is 4.98. The summed E-state index contributed by atoms with van der Waals surface area (Å²) in [6.45, 7) is 0. The van der Waals surface area contributed by atoms with Crippen LogP contribution in [0.25, 0.3) is 0 Å². The molecular formula is C26H21N3O. The number of carbonyl (C=O) groups excluding carboxylic acids is 1. The highest BCUT2D eigenvalue weighted by molar-refractivity contribution is 5.96. The summed E-state index contributed by atoms with van der Waals surface area (Å²) in [7, 11) is 0. The van der Waals surface area contributed by atoms with Crippen molar-refractivity contribution >= 4 is 12.1 Å². The van der Waals surface area contributed by atoms with Crippen LogP contribution in [0, 0.1) is 0 Å². The molecule has 4 nitrogen and oxygen atoms in total. The van der Waals surface area contributed by atoms with Crippen LogP contribution in [0.1, 0.15) is 22.4 Å². The lowest BCUT2D eigenvalue weighted by Gasteiger charge is -2.33. The quantitative estimate of drug-likeness (QED) is 0.297. The molecule has 146 valence electrons. The Kier molecular flexibility index (Phi) is 5.76. The molecule has 0 aliphatic rings. The van der Waals surface area contributed by atoms with Crippen LogP contribution in [0.15, 0.2) is 120 Å². The smallest absolute Gasteiger partial charge is 0.259 e. The SMILES string of the molecule is O=C(N/N=C/c1ccccn1)C(c1ccccc1)(c1ccccc1)c1ccccc1. The van der Waals surface area contributed by atoms with E-state index >= 15 is 0 Å². The van der Waals surface area contributed by atoms with Crippen LogP contribution in [-0.4, -0.2) is 17.1 Å². The van der Waals surface area contributed by atoms with Crippen LogP contribution in [-0.2, 0) is 10.2 Å². The summed E-state index contributed by atoms with van der Waals surface area (Å²) in [5.74, 6) is -0.238. The Labute approximate surface area is 175 Å². The van der Waals surface area contributed by atoms with Gasteiger partial charge in [0.05, 0.1) is 11.9 Å². The van der Waals surface area contributed by atoms with Crippen LogP contribution in [0.5, 0.6) is 0 Å². The first-order valence-electron chi connectivity index (χ1n) is 9.73. The van der Waals surface area contributed by atoms with Gasteiger partial charge in [-0.15, -0.1) is 0 Å². The van der Waals surface area contributed by atoms with Gasteiger partial charge in [-0.2, -0.15) is 5.10 Å². The minimum Gasteiger partial charge on any atom is -0.271 e. The zero-order chi connectivity index (χ0) is 20.7. The van der Waals surface area contributed by atoms with Crippen molar-refractivity contribution in [3.63, 3.8) is 0 Å². The molecule has 0 radical (unpaired) electrons. The highest BCUT2D eigenvalue weighted by Gasteiger charge is 2.43. The lowest BCUT2D eigenvalue weighted by atomic mass is 9.69. The summed E-state index contributed by atoms with van der Waals surface area (Å²) in [6.07, 6.45) is 3.23. The second-order valence-corrected chi connectivity index (χ2v) is 6.80. The van der Waals surface area contributed by atoms with E-state index in [2.05, 4.69) is 15.5 Å². The van der Waals surface area contributed by atoms with E-state index in [9.17, 15) is 4.79 Å². The van der Waals surface area contributed by atoms with Crippen LogP contribution in [0.2, 0.25) is 0 Å². The first kappa shape index (κ1) is 19.3. The molecule has 4 heteroatoms. The molecule has 1 heterocycles. The second kappa shape index (κ2) is 8.97. The topological polar surface area (TPSA) is 54.4 Å². The Hall–Kier alpha value is -4.05. The fourth-order valence-electron chi connectivity index (χ4n) is 3.65. The number of rotatable bonds is 6. The van der Waals surface area contributed by atoms with E-state index < -0.39 is 5.41 Å². The van der Waals surface area contributed by atoms with Crippen molar-refractivity contribution in [1.29, 1.82) is 0 Å². The number of carbonyl (C=O) groups is 1. The maximum absolute atomic E-state index is 13.8. The van der Waals surface area contributed by atoms with Crippen molar-refractivity contribution in [3.05, 3.63) is 138 Å². The number of amides is 1. The molecule has 1 amide bonds. The summed E-state index contributed by atoms with van der Waals surface area (Å²) in [5, 5.41) is 4.20. The largest absolute Gasteiger partial charge is 0.271 e. The van der Waals surface area contributed by atoms with Gasteiger partial charge >= 0.3 is 0 Å². The van der Waals surface area contributed by atoms with Gasteiger partial charge in [-0.3, -0.25) is 9.78 Å². The molecule has 0 bridgehead atoms. The van der Waals surface area contributed by atoms with Gasteiger partial charge in [0, 0.05) is 6.20 Å². The Morgan fingerprint density at radius 2 is 1.17 bits per heavy atom. The molecule has 0 spiro atoms. The van der Waals surface area contributed by atoms with Gasteiger partial charge in [-0.05, 0) is 28.8 Å². The van der Waals surface area contributed by atoms with E-state index in [1.54, 1.807) is 12.4 Å². The molecule has 0 saturated carbocycles. The molecule has 0 atom stereocenters. The predicted octanol–water partition coefficient (Wildman–Crippen LogP) is 4.57. The number of hydrogen-bond acceptors (Lipinski definition) is 3. The van der Waals surface area contributed by atoms with Gasteiger partial charge in [0.2, 0.25) is 0 Å². The van der Waals surface area contributed by atoms with Gasteiger partial charge in [-0.1, -0.05) is 97.1 Å². The van der Waals surface area contributed by atoms with E-state index in [0.717, 1.165) is 16.7 Å². The molecular weight excluding hydrogens is 370 g/mol. The molecule has 0 fully saturated rings. The van der Waals surface area contributed by atoms with Crippen molar-refractivity contribution in [2.45, 2.75) is 5.41 Å². The maximum atomic E-state index is 13.8. The molecule has 4 rings (SSSR count). The van der Waals surface area contributed by atoms with E-state index in [4.69, 9.17) is 0 Å². The molecule has 0 aliphatic heterocycles. The van der Waals surface area contributed by atoms with Gasteiger partial charge < -0.3 is 0 Å². The van der Waals surface area contributed by atoms with Crippen molar-refractivity contribution in [1.82, 2.24) is 10.4 Å². The molecule has 0 unspecified atom stereocenters. The van der Waals surface area contributed by atoms with Crippen molar-refractivity contribution in [2.24, 2.45) is 5.10 Å². The number of nitrogens with one attached hydrogen (secondary N) is 1. The molecule has 0 aliphatic carbocycles. The summed E-state index contributed by atoms with van der Waals surface area (Å²) >= 11 is 0. The van der Waals surface area contributed by atoms with Crippen molar-refractivity contribution < 1.29 is 4.79 Å². The zero-order valence-electron chi connectivity index (χ0n) is 16.3. The average Bonchev–Trinajstić information content (AvgIpc) is 2.82. The third-order valence-electron chi connectivity index (χ3n) is 5.01. The Bertz CT molecular complexity index is 1020. The highest BCUT2D eigenvalue weighted by Crippen LogP contribution is 2.39. The third kappa shape index (κ3) is 3.76. The number of benzene rings is 3. The normalized spacial score (nSPS) is 11.3. The molecule has 30 heavy (non-hydrogen) atoms. The van der Waals surface area contributed by atoms with Crippen LogP contribution in [0.4, 0.5) is 0 Å². The maximum Gasteiger partial charge on any atom is 0.259 e. The van der Waals surface area contributed by atoms with E-state index in [1.165, 1.54) is 0 Å². The molecule has 1 N–H and O–H groups in total. The number of pyridine rings is 1. The number of aromatic nitrogens is 1. The van der Waals surface area contributed by atoms with Gasteiger partial charge in [0.15, 0.2) is 0 Å². The molecule has 1 aromatic heterocycles. The van der Waals surface area contributed by atoms with Crippen molar-refractivity contribution in [3.8, 4) is 0 Å². The third-order valence-corrected chi connectivity index (χ3v) is 5.01. The van der Waals surface area contributed by atoms with Crippen LogP contribution in [0.3, 0.4) is 0 Å². The lowest BCUT2D eigenvalue weighted by molar-refractivity contribution is -0.124. The first-order chi connectivity index (χ1) is 14.8. The monoisotopic (exact) mass is 391 g/mol. The Morgan fingerprint density at radius 1 is 0.700 bits per heavy atom. The van der Waals surface area contributed by atoms with Gasteiger partial charge in [0.25, 0.3) is 5.91 Å². The highest BCUT2D eigenvalue weighted by atomic mass is 16.2. The lowest BCUT2D eigenvalue weighted by Crippen LogP contribution is -2.44. The van der Waals surface area contributed by atoms with Crippen LogP contribution < -0.4 is 5.43 Å². The van der Waals surface area contributed by atoms with Gasteiger partial charge in [-0.25, -0.2) is 5.43 Å². The molecule has 0 saturated heterocycles. The van der Waals surface area contributed by atoms with Crippen LogP contribution >= 0.6 is 0 Å². The van der Waals surface area contributed by atoms with E-state index in [0.29, 0.717) is 5.69 Å². The standard InChI is InChI=1S/C26H21N3O/c30-25(29-28-20-24-18-10-11-19-27-24)26(21-12-4-1-5-13-21,22-14-6-2-7-15-22)23-16-8-3-9-17-23/h1-20H,(H,29,30)/b28-20+. The minimum absolute atomic E-state index is 0.238. The number of hydrazone groups is 1. The number of nitrogens with zero attached hydrogens (tertiary/aromatic N) is 2. The van der Waals surface area contributed by atoms with E-state index in [-0.39, 0.29) is 5.91 Å². The second-order valence-electron chi connectivity index (χ2n) is 6.80. The Balaban J connectivity index is 1.84. The number of hydrogen-bond donors (Lipinski definition) is 1. The molecule has 3 aromatic carbocycles. The fourth-order valence-corrected chi connectivity index (χ4v) is 3.65. The van der Waals surface area contributed by atoms with E-state index in [1.807, 2.05) is 109 Å². The Morgan fingerprint density at radius 3 is 1.60 bits per heavy atom. The van der Waals surface area contributed by atoms with Crippen molar-refractivity contribution in [2.75, 3.05) is 0 Å². The summed E-state index contributed by atoms with van der Waals surface area (Å²) in [4.78, 5) is 18.0. The average molecular weight is 391 g/mol. The predicted molar refractivity (Wildman–Crippen MR) is 119 cm³/mol. The van der Waals surface area contributed by atoms with Gasteiger partial charge in [0.1, 0.15) is 5.41 Å². The minimum atomic E-state index is -1.05. The first-order valence-corrected chi connectivity index (χ1v) is 9.73. The molecule has 4 aromatic rings.